The highest BCUT2D eigenvalue weighted by atomic mass is 32.1. The third kappa shape index (κ3) is 2.98. The van der Waals surface area contributed by atoms with Crippen LogP contribution in [0.15, 0.2) is 0 Å². The van der Waals surface area contributed by atoms with Crippen molar-refractivity contribution in [3.05, 3.63) is 16.0 Å². The predicted molar refractivity (Wildman–Crippen MR) is 74.4 cm³/mol. The van der Waals surface area contributed by atoms with E-state index in [4.69, 9.17) is 5.11 Å². The van der Waals surface area contributed by atoms with Crippen molar-refractivity contribution in [1.29, 1.82) is 5.26 Å². The van der Waals surface area contributed by atoms with Gasteiger partial charge >= 0.3 is 11.8 Å². The molecule has 2 amide bonds. The lowest BCUT2D eigenvalue weighted by atomic mass is 9.96. The molecule has 0 spiro atoms. The molecule has 3 N–H and O–H groups in total. The van der Waals surface area contributed by atoms with E-state index in [1.54, 1.807) is 0 Å². The first-order valence-electron chi connectivity index (χ1n) is 6.42. The molecular weight excluding hydrogens is 278 g/mol. The molecule has 0 fully saturated rings. The van der Waals surface area contributed by atoms with Gasteiger partial charge in [0.25, 0.3) is 0 Å². The maximum absolute atomic E-state index is 11.7. The van der Waals surface area contributed by atoms with E-state index in [2.05, 4.69) is 16.7 Å². The standard InChI is InChI=1S/C13H15N3O3S/c14-7-9-8-3-1-2-4-10(8)20-13(9)16-12(19)11(18)15-5-6-17/h17H,1-6H2,(H,15,18)(H,16,19). The summed E-state index contributed by atoms with van der Waals surface area (Å²) >= 11 is 1.37. The third-order valence-corrected chi connectivity index (χ3v) is 4.32. The van der Waals surface area contributed by atoms with Crippen molar-refractivity contribution in [1.82, 2.24) is 5.32 Å². The number of thiophene rings is 1. The zero-order valence-corrected chi connectivity index (χ0v) is 11.7. The van der Waals surface area contributed by atoms with E-state index >= 15 is 0 Å². The van der Waals surface area contributed by atoms with Gasteiger partial charge in [0.2, 0.25) is 0 Å². The van der Waals surface area contributed by atoms with Crippen LogP contribution in [0.5, 0.6) is 0 Å². The zero-order chi connectivity index (χ0) is 14.5. The van der Waals surface area contributed by atoms with Crippen molar-refractivity contribution in [3.63, 3.8) is 0 Å². The summed E-state index contributed by atoms with van der Waals surface area (Å²) in [5.74, 6) is -1.62. The molecule has 6 nitrogen and oxygen atoms in total. The summed E-state index contributed by atoms with van der Waals surface area (Å²) in [4.78, 5) is 24.3. The van der Waals surface area contributed by atoms with E-state index < -0.39 is 11.8 Å². The van der Waals surface area contributed by atoms with Crippen LogP contribution in [0, 0.1) is 11.3 Å². The average molecular weight is 293 g/mol. The fourth-order valence-electron chi connectivity index (χ4n) is 2.18. The summed E-state index contributed by atoms with van der Waals surface area (Å²) in [5.41, 5.74) is 1.49. The highest BCUT2D eigenvalue weighted by Crippen LogP contribution is 2.37. The second-order valence-electron chi connectivity index (χ2n) is 4.46. The molecule has 106 valence electrons. The first kappa shape index (κ1) is 14.5. The number of hydrogen-bond donors (Lipinski definition) is 3. The highest BCUT2D eigenvalue weighted by Gasteiger charge is 2.23. The van der Waals surface area contributed by atoms with E-state index in [0.29, 0.717) is 10.6 Å². The minimum Gasteiger partial charge on any atom is -0.395 e. The lowest BCUT2D eigenvalue weighted by Gasteiger charge is -2.09. The lowest BCUT2D eigenvalue weighted by Crippen LogP contribution is -2.36. The van der Waals surface area contributed by atoms with Crippen LogP contribution in [0.3, 0.4) is 0 Å². The van der Waals surface area contributed by atoms with Gasteiger partial charge in [0.15, 0.2) is 0 Å². The summed E-state index contributed by atoms with van der Waals surface area (Å²) < 4.78 is 0. The summed E-state index contributed by atoms with van der Waals surface area (Å²) in [6, 6.07) is 2.12. The third-order valence-electron chi connectivity index (χ3n) is 3.11. The van der Waals surface area contributed by atoms with Crippen LogP contribution in [-0.2, 0) is 22.4 Å². The van der Waals surface area contributed by atoms with Crippen molar-refractivity contribution in [2.75, 3.05) is 18.5 Å². The van der Waals surface area contributed by atoms with E-state index in [0.717, 1.165) is 36.1 Å². The molecule has 0 bridgehead atoms. The number of hydrogen-bond acceptors (Lipinski definition) is 5. The number of aliphatic hydroxyl groups excluding tert-OH is 1. The van der Waals surface area contributed by atoms with Gasteiger partial charge in [-0.2, -0.15) is 5.26 Å². The van der Waals surface area contributed by atoms with Crippen LogP contribution in [0.4, 0.5) is 5.00 Å². The Morgan fingerprint density at radius 3 is 2.75 bits per heavy atom. The lowest BCUT2D eigenvalue weighted by molar-refractivity contribution is -0.136. The largest absolute Gasteiger partial charge is 0.395 e. The van der Waals surface area contributed by atoms with Gasteiger partial charge in [-0.3, -0.25) is 9.59 Å². The molecule has 1 aliphatic carbocycles. The number of carbonyl (C=O) groups is 2. The van der Waals surface area contributed by atoms with Crippen molar-refractivity contribution in [2.45, 2.75) is 25.7 Å². The number of aliphatic hydroxyl groups is 1. The maximum atomic E-state index is 11.7. The topological polar surface area (TPSA) is 102 Å². The van der Waals surface area contributed by atoms with Crippen LogP contribution in [0.2, 0.25) is 0 Å². The fourth-order valence-corrected chi connectivity index (χ4v) is 3.42. The molecule has 1 aliphatic rings. The molecule has 0 atom stereocenters. The number of fused-ring (bicyclic) bond motifs is 1. The van der Waals surface area contributed by atoms with Gasteiger partial charge in [0, 0.05) is 11.4 Å². The molecule has 0 radical (unpaired) electrons. The van der Waals surface area contributed by atoms with E-state index in [-0.39, 0.29) is 13.2 Å². The zero-order valence-electron chi connectivity index (χ0n) is 10.9. The van der Waals surface area contributed by atoms with Gasteiger partial charge in [0.05, 0.1) is 12.2 Å². The first-order chi connectivity index (χ1) is 9.67. The van der Waals surface area contributed by atoms with Gasteiger partial charge in [-0.15, -0.1) is 11.3 Å². The van der Waals surface area contributed by atoms with Crippen LogP contribution in [-0.4, -0.2) is 30.1 Å². The number of carbonyl (C=O) groups excluding carboxylic acids is 2. The Bertz CT molecular complexity index is 574. The van der Waals surface area contributed by atoms with Gasteiger partial charge in [0.1, 0.15) is 11.1 Å². The number of nitrogens with one attached hydrogen (secondary N) is 2. The second kappa shape index (κ2) is 6.50. The Morgan fingerprint density at radius 1 is 1.30 bits per heavy atom. The Labute approximate surface area is 120 Å². The molecule has 0 unspecified atom stereocenters. The number of nitriles is 1. The monoisotopic (exact) mass is 293 g/mol. The van der Waals surface area contributed by atoms with Gasteiger partial charge < -0.3 is 15.7 Å². The molecule has 0 saturated heterocycles. The van der Waals surface area contributed by atoms with Crippen LogP contribution in [0.1, 0.15) is 28.8 Å². The molecule has 0 aromatic carbocycles. The number of amides is 2. The first-order valence-corrected chi connectivity index (χ1v) is 7.23. The van der Waals surface area contributed by atoms with E-state index in [1.807, 2.05) is 0 Å². The molecule has 20 heavy (non-hydrogen) atoms. The molecule has 0 saturated carbocycles. The minimum absolute atomic E-state index is 0.0261. The quantitative estimate of drug-likeness (QED) is 0.708. The molecule has 1 aromatic heterocycles. The number of anilines is 1. The molecule has 1 heterocycles. The van der Waals surface area contributed by atoms with Gasteiger partial charge in [-0.25, -0.2) is 0 Å². The fraction of sp³-hybridized carbons (Fsp3) is 0.462. The van der Waals surface area contributed by atoms with Crippen molar-refractivity contribution < 1.29 is 14.7 Å². The van der Waals surface area contributed by atoms with Crippen molar-refractivity contribution in [3.8, 4) is 6.07 Å². The van der Waals surface area contributed by atoms with Gasteiger partial charge in [-0.1, -0.05) is 0 Å². The Kier molecular flexibility index (Phi) is 4.71. The van der Waals surface area contributed by atoms with Crippen LogP contribution >= 0.6 is 11.3 Å². The molecule has 2 rings (SSSR count). The van der Waals surface area contributed by atoms with Crippen molar-refractivity contribution >= 4 is 28.2 Å². The summed E-state index contributed by atoms with van der Waals surface area (Å²) in [7, 11) is 0. The summed E-state index contributed by atoms with van der Waals surface area (Å²) in [6.45, 7) is -0.200. The molecule has 7 heteroatoms. The Hall–Kier alpha value is -1.91. The Balaban J connectivity index is 2.13. The summed E-state index contributed by atoms with van der Waals surface area (Å²) in [5, 5.41) is 23.0. The molecule has 1 aromatic rings. The minimum atomic E-state index is -0.812. The number of rotatable bonds is 3. The average Bonchev–Trinajstić information content (AvgIpc) is 2.81. The van der Waals surface area contributed by atoms with E-state index in [1.165, 1.54) is 11.3 Å². The number of aryl methyl sites for hydroxylation is 1. The highest BCUT2D eigenvalue weighted by molar-refractivity contribution is 7.16. The summed E-state index contributed by atoms with van der Waals surface area (Å²) in [6.07, 6.45) is 3.90. The Morgan fingerprint density at radius 2 is 2.05 bits per heavy atom. The SMILES string of the molecule is N#Cc1c(NC(=O)C(=O)NCCO)sc2c1CCCC2. The normalized spacial score (nSPS) is 13.2. The van der Waals surface area contributed by atoms with E-state index in [9.17, 15) is 14.9 Å². The van der Waals surface area contributed by atoms with Crippen molar-refractivity contribution in [2.24, 2.45) is 0 Å². The van der Waals surface area contributed by atoms with Crippen LogP contribution in [0.25, 0.3) is 0 Å². The smallest absolute Gasteiger partial charge is 0.314 e. The number of nitrogens with zero attached hydrogens (tertiary/aromatic N) is 1. The second-order valence-corrected chi connectivity index (χ2v) is 5.57. The maximum Gasteiger partial charge on any atom is 0.314 e. The molecular formula is C13H15N3O3S. The molecule has 0 aliphatic heterocycles. The predicted octanol–water partition coefficient (Wildman–Crippen LogP) is 0.546. The van der Waals surface area contributed by atoms with Gasteiger partial charge in [-0.05, 0) is 31.2 Å². The van der Waals surface area contributed by atoms with Crippen LogP contribution < -0.4 is 10.6 Å².